The molecule has 0 aromatic carbocycles. The topological polar surface area (TPSA) is 73.9 Å². The molecule has 0 aliphatic carbocycles. The van der Waals surface area contributed by atoms with Crippen LogP contribution in [0.4, 0.5) is 5.69 Å². The van der Waals surface area contributed by atoms with Gasteiger partial charge in [-0.3, -0.25) is 0 Å². The van der Waals surface area contributed by atoms with Gasteiger partial charge in [-0.15, -0.1) is 0 Å². The van der Waals surface area contributed by atoms with Crippen LogP contribution in [0.2, 0.25) is 0 Å². The molecule has 0 atom stereocenters. The minimum Gasteiger partial charge on any atom is -0.476 e. The van der Waals surface area contributed by atoms with Crippen LogP contribution in [0.15, 0.2) is 40.8 Å². The fourth-order valence-corrected chi connectivity index (χ4v) is 1.92. The van der Waals surface area contributed by atoms with Crippen molar-refractivity contribution < 1.29 is 4.74 Å². The average molecular weight is 262 g/mol. The zero-order valence-corrected chi connectivity index (χ0v) is 10.9. The number of ether oxygens (including phenoxy) is 1. The number of nitrogens with two attached hydrogens (primary N) is 1. The van der Waals surface area contributed by atoms with Gasteiger partial charge >= 0.3 is 0 Å². The highest BCUT2D eigenvalue weighted by Gasteiger charge is 2.06. The lowest BCUT2D eigenvalue weighted by atomic mass is 10.4. The first kappa shape index (κ1) is 12.6. The summed E-state index contributed by atoms with van der Waals surface area (Å²) in [6, 6.07) is 5.38. The second-order valence-corrected chi connectivity index (χ2v) is 4.51. The van der Waals surface area contributed by atoms with E-state index in [4.69, 9.17) is 10.5 Å². The van der Waals surface area contributed by atoms with Gasteiger partial charge in [0, 0.05) is 12.4 Å². The molecule has 2 rings (SSSR count). The summed E-state index contributed by atoms with van der Waals surface area (Å²) in [6.07, 6.45) is 4.31. The molecule has 18 heavy (non-hydrogen) atoms. The number of rotatable bonds is 5. The van der Waals surface area contributed by atoms with E-state index in [0.29, 0.717) is 23.3 Å². The van der Waals surface area contributed by atoms with E-state index in [1.54, 1.807) is 24.5 Å². The SMILES string of the molecule is CCCOc1nc(Sc2ncccn2)ccc1N. The van der Waals surface area contributed by atoms with Crippen LogP contribution in [0.3, 0.4) is 0 Å². The summed E-state index contributed by atoms with van der Waals surface area (Å²) in [4.78, 5) is 12.6. The molecule has 2 N–H and O–H groups in total. The van der Waals surface area contributed by atoms with Crippen LogP contribution < -0.4 is 10.5 Å². The van der Waals surface area contributed by atoms with Crippen LogP contribution in [0.1, 0.15) is 13.3 Å². The Hall–Kier alpha value is -1.82. The normalized spacial score (nSPS) is 10.3. The van der Waals surface area contributed by atoms with E-state index < -0.39 is 0 Å². The van der Waals surface area contributed by atoms with Crippen LogP contribution in [-0.2, 0) is 0 Å². The van der Waals surface area contributed by atoms with E-state index in [9.17, 15) is 0 Å². The van der Waals surface area contributed by atoms with E-state index >= 15 is 0 Å². The zero-order valence-electron chi connectivity index (χ0n) is 10.0. The van der Waals surface area contributed by atoms with Crippen molar-refractivity contribution in [2.45, 2.75) is 23.5 Å². The van der Waals surface area contributed by atoms with Gasteiger partial charge in [0.1, 0.15) is 5.03 Å². The van der Waals surface area contributed by atoms with Gasteiger partial charge in [0.15, 0.2) is 5.16 Å². The third kappa shape index (κ3) is 3.33. The lowest BCUT2D eigenvalue weighted by Gasteiger charge is -2.07. The molecular formula is C12H14N4OS. The minimum atomic E-state index is 0.470. The number of pyridine rings is 1. The maximum absolute atomic E-state index is 5.80. The van der Waals surface area contributed by atoms with Crippen molar-refractivity contribution in [3.05, 3.63) is 30.6 Å². The number of hydrogen-bond acceptors (Lipinski definition) is 6. The minimum absolute atomic E-state index is 0.470. The van der Waals surface area contributed by atoms with Crippen molar-refractivity contribution >= 4 is 17.4 Å². The van der Waals surface area contributed by atoms with Gasteiger partial charge < -0.3 is 10.5 Å². The van der Waals surface area contributed by atoms with E-state index in [2.05, 4.69) is 15.0 Å². The number of aromatic nitrogens is 3. The predicted octanol–water partition coefficient (Wildman–Crippen LogP) is 2.39. The summed E-state index contributed by atoms with van der Waals surface area (Å²) >= 11 is 1.38. The summed E-state index contributed by atoms with van der Waals surface area (Å²) in [7, 11) is 0. The zero-order chi connectivity index (χ0) is 12.8. The largest absolute Gasteiger partial charge is 0.476 e. The molecule has 2 heterocycles. The van der Waals surface area contributed by atoms with Crippen LogP contribution in [0.5, 0.6) is 5.88 Å². The Morgan fingerprint density at radius 2 is 2.06 bits per heavy atom. The number of anilines is 1. The van der Waals surface area contributed by atoms with Crippen LogP contribution in [0, 0.1) is 0 Å². The molecule has 0 amide bonds. The first-order valence-corrected chi connectivity index (χ1v) is 6.45. The van der Waals surface area contributed by atoms with E-state index in [-0.39, 0.29) is 0 Å². The maximum atomic E-state index is 5.80. The highest BCUT2D eigenvalue weighted by molar-refractivity contribution is 7.99. The van der Waals surface area contributed by atoms with Gasteiger partial charge in [0.2, 0.25) is 5.88 Å². The Morgan fingerprint density at radius 3 is 2.78 bits per heavy atom. The molecule has 0 unspecified atom stereocenters. The number of hydrogen-bond donors (Lipinski definition) is 1. The lowest BCUT2D eigenvalue weighted by Crippen LogP contribution is -2.01. The van der Waals surface area contributed by atoms with Crippen LogP contribution >= 0.6 is 11.8 Å². The van der Waals surface area contributed by atoms with Crippen LogP contribution in [-0.4, -0.2) is 21.6 Å². The monoisotopic (exact) mass is 262 g/mol. The fraction of sp³-hybridized carbons (Fsp3) is 0.250. The Bertz CT molecular complexity index is 507. The van der Waals surface area contributed by atoms with E-state index in [0.717, 1.165) is 11.4 Å². The van der Waals surface area contributed by atoms with Crippen molar-refractivity contribution in [3.63, 3.8) is 0 Å². The fourth-order valence-electron chi connectivity index (χ4n) is 1.24. The average Bonchev–Trinajstić information content (AvgIpc) is 2.40. The van der Waals surface area contributed by atoms with Crippen molar-refractivity contribution in [1.29, 1.82) is 0 Å². The van der Waals surface area contributed by atoms with Gasteiger partial charge in [0.25, 0.3) is 0 Å². The molecule has 0 radical (unpaired) electrons. The van der Waals surface area contributed by atoms with Crippen molar-refractivity contribution in [1.82, 2.24) is 15.0 Å². The summed E-state index contributed by atoms with van der Waals surface area (Å²) in [5.41, 5.74) is 6.34. The lowest BCUT2D eigenvalue weighted by molar-refractivity contribution is 0.305. The molecule has 0 fully saturated rings. The molecule has 0 aliphatic heterocycles. The summed E-state index contributed by atoms with van der Waals surface area (Å²) in [5.74, 6) is 0.470. The van der Waals surface area contributed by atoms with Gasteiger partial charge in [-0.1, -0.05) is 6.92 Å². The molecule has 0 bridgehead atoms. The Labute approximate surface area is 110 Å². The summed E-state index contributed by atoms with van der Waals surface area (Å²) in [5, 5.41) is 1.41. The Balaban J connectivity index is 2.14. The van der Waals surface area contributed by atoms with E-state index in [1.165, 1.54) is 11.8 Å². The predicted molar refractivity (Wildman–Crippen MR) is 70.6 cm³/mol. The smallest absolute Gasteiger partial charge is 0.238 e. The molecule has 0 saturated carbocycles. The van der Waals surface area contributed by atoms with Crippen molar-refractivity contribution in [2.24, 2.45) is 0 Å². The van der Waals surface area contributed by atoms with Gasteiger partial charge in [0.05, 0.1) is 12.3 Å². The molecule has 0 spiro atoms. The molecule has 0 aliphatic rings. The molecule has 2 aromatic heterocycles. The van der Waals surface area contributed by atoms with Gasteiger partial charge in [-0.2, -0.15) is 0 Å². The third-order valence-corrected chi connectivity index (χ3v) is 2.87. The van der Waals surface area contributed by atoms with Crippen molar-refractivity contribution in [2.75, 3.05) is 12.3 Å². The quantitative estimate of drug-likeness (QED) is 0.834. The van der Waals surface area contributed by atoms with Gasteiger partial charge in [-0.05, 0) is 36.4 Å². The molecule has 0 saturated heterocycles. The first-order valence-electron chi connectivity index (χ1n) is 5.64. The third-order valence-electron chi connectivity index (χ3n) is 2.05. The highest BCUT2D eigenvalue weighted by atomic mass is 32.2. The first-order chi connectivity index (χ1) is 8.79. The molecule has 2 aromatic rings. The summed E-state index contributed by atoms with van der Waals surface area (Å²) in [6.45, 7) is 2.64. The number of nitrogens with zero attached hydrogens (tertiary/aromatic N) is 3. The Morgan fingerprint density at radius 1 is 1.28 bits per heavy atom. The summed E-state index contributed by atoms with van der Waals surface area (Å²) < 4.78 is 5.47. The van der Waals surface area contributed by atoms with Crippen molar-refractivity contribution in [3.8, 4) is 5.88 Å². The maximum Gasteiger partial charge on any atom is 0.238 e. The standard InChI is InChI=1S/C12H14N4OS/c1-2-8-17-11-9(13)4-5-10(16-11)18-12-14-6-3-7-15-12/h3-7H,2,8,13H2,1H3. The highest BCUT2D eigenvalue weighted by Crippen LogP contribution is 2.27. The Kier molecular flexibility index (Phi) is 4.35. The van der Waals surface area contributed by atoms with E-state index in [1.807, 2.05) is 13.0 Å². The second kappa shape index (κ2) is 6.20. The molecule has 94 valence electrons. The van der Waals surface area contributed by atoms with Gasteiger partial charge in [-0.25, -0.2) is 15.0 Å². The molecular weight excluding hydrogens is 248 g/mol. The molecule has 5 nitrogen and oxygen atoms in total. The number of nitrogen functional groups attached to an aromatic ring is 1. The molecule has 6 heteroatoms. The second-order valence-electron chi connectivity index (χ2n) is 3.53. The van der Waals surface area contributed by atoms with Crippen LogP contribution in [0.25, 0.3) is 0 Å².